The molecule has 0 fully saturated rings. The van der Waals surface area contributed by atoms with Crippen molar-refractivity contribution in [2.24, 2.45) is 0 Å². The summed E-state index contributed by atoms with van der Waals surface area (Å²) in [6.07, 6.45) is 0. The predicted molar refractivity (Wildman–Crippen MR) is 138 cm³/mol. The lowest BCUT2D eigenvalue weighted by atomic mass is 9.94. The molecule has 0 atom stereocenters. The second-order valence-corrected chi connectivity index (χ2v) is 8.77. The van der Waals surface area contributed by atoms with Crippen molar-refractivity contribution in [1.29, 1.82) is 0 Å². The summed E-state index contributed by atoms with van der Waals surface area (Å²) in [5.74, 6) is -0.316. The first-order chi connectivity index (χ1) is 16.5. The Labute approximate surface area is 199 Å². The number of rotatable bonds is 5. The van der Waals surface area contributed by atoms with Gasteiger partial charge in [0.2, 0.25) is 0 Å². The van der Waals surface area contributed by atoms with Gasteiger partial charge in [0.05, 0.1) is 18.4 Å². The molecular weight excluding hydrogens is 420 g/mol. The van der Waals surface area contributed by atoms with Gasteiger partial charge in [0, 0.05) is 40.0 Å². The summed E-state index contributed by atoms with van der Waals surface area (Å²) >= 11 is 0. The van der Waals surface area contributed by atoms with Crippen LogP contribution in [0.4, 0.5) is 0 Å². The average molecular weight is 449 g/mol. The van der Waals surface area contributed by atoms with E-state index in [2.05, 4.69) is 65.9 Å². The van der Waals surface area contributed by atoms with E-state index >= 15 is 0 Å². The molecule has 4 nitrogen and oxygen atoms in total. The molecular formula is C30H28N2O2. The van der Waals surface area contributed by atoms with Crippen LogP contribution >= 0.6 is 0 Å². The van der Waals surface area contributed by atoms with Crippen molar-refractivity contribution in [3.05, 3.63) is 107 Å². The van der Waals surface area contributed by atoms with E-state index in [4.69, 9.17) is 4.74 Å². The van der Waals surface area contributed by atoms with Gasteiger partial charge in [-0.15, -0.1) is 0 Å². The second kappa shape index (κ2) is 8.71. The van der Waals surface area contributed by atoms with Gasteiger partial charge in [-0.25, -0.2) is 4.79 Å². The lowest BCUT2D eigenvalue weighted by Crippen LogP contribution is -2.07. The molecule has 0 aliphatic rings. The number of aromatic nitrogens is 2. The van der Waals surface area contributed by atoms with Crippen LogP contribution in [0, 0.1) is 20.8 Å². The molecule has 170 valence electrons. The Morgan fingerprint density at radius 1 is 0.853 bits per heavy atom. The van der Waals surface area contributed by atoms with Crippen LogP contribution in [0.2, 0.25) is 0 Å². The van der Waals surface area contributed by atoms with Crippen molar-refractivity contribution >= 4 is 16.9 Å². The molecule has 0 saturated carbocycles. The average Bonchev–Trinajstić information content (AvgIpc) is 3.34. The van der Waals surface area contributed by atoms with Crippen LogP contribution in [0.25, 0.3) is 33.3 Å². The molecule has 0 saturated heterocycles. The number of aromatic amines is 1. The number of carbonyl (C=O) groups is 1. The molecule has 5 rings (SSSR count). The van der Waals surface area contributed by atoms with E-state index in [1.165, 1.54) is 18.2 Å². The van der Waals surface area contributed by atoms with Gasteiger partial charge in [-0.2, -0.15) is 0 Å². The normalized spacial score (nSPS) is 11.2. The number of nitrogens with zero attached hydrogens (tertiary/aromatic N) is 1. The minimum Gasteiger partial charge on any atom is -0.465 e. The molecule has 2 aromatic heterocycles. The Morgan fingerprint density at radius 3 is 2.21 bits per heavy atom. The topological polar surface area (TPSA) is 47.0 Å². The molecule has 34 heavy (non-hydrogen) atoms. The summed E-state index contributed by atoms with van der Waals surface area (Å²) in [6, 6.07) is 27.0. The minimum absolute atomic E-state index is 0.316. The maximum atomic E-state index is 13.2. The lowest BCUT2D eigenvalue weighted by molar-refractivity contribution is 0.0600. The SMILES string of the molecule is COC(=O)c1c(-c2c(-c3ccccc3)[nH]c3ccc(C)cc23)c(C)n(Cc2ccccc2)c1C. The first kappa shape index (κ1) is 21.8. The number of aryl methyl sites for hydroxylation is 1. The van der Waals surface area contributed by atoms with E-state index < -0.39 is 0 Å². The fourth-order valence-corrected chi connectivity index (χ4v) is 4.93. The third kappa shape index (κ3) is 3.61. The second-order valence-electron chi connectivity index (χ2n) is 8.77. The van der Waals surface area contributed by atoms with Gasteiger partial charge < -0.3 is 14.3 Å². The number of H-pyrrole nitrogens is 1. The summed E-state index contributed by atoms with van der Waals surface area (Å²) in [4.78, 5) is 16.8. The van der Waals surface area contributed by atoms with E-state index in [1.54, 1.807) is 0 Å². The molecule has 3 aromatic carbocycles. The first-order valence-electron chi connectivity index (χ1n) is 11.5. The highest BCUT2D eigenvalue weighted by atomic mass is 16.5. The number of hydrogen-bond acceptors (Lipinski definition) is 2. The van der Waals surface area contributed by atoms with Gasteiger partial charge in [0.25, 0.3) is 0 Å². The minimum atomic E-state index is -0.316. The van der Waals surface area contributed by atoms with E-state index in [9.17, 15) is 4.79 Å². The molecule has 0 amide bonds. The van der Waals surface area contributed by atoms with Gasteiger partial charge in [-0.1, -0.05) is 72.3 Å². The van der Waals surface area contributed by atoms with Crippen molar-refractivity contribution in [3.8, 4) is 22.4 Å². The summed E-state index contributed by atoms with van der Waals surface area (Å²) < 4.78 is 7.52. The maximum absolute atomic E-state index is 13.2. The fourth-order valence-electron chi connectivity index (χ4n) is 4.93. The zero-order valence-corrected chi connectivity index (χ0v) is 20.0. The first-order valence-corrected chi connectivity index (χ1v) is 11.5. The zero-order chi connectivity index (χ0) is 23.8. The van der Waals surface area contributed by atoms with E-state index in [1.807, 2.05) is 43.3 Å². The van der Waals surface area contributed by atoms with Crippen molar-refractivity contribution in [3.63, 3.8) is 0 Å². The van der Waals surface area contributed by atoms with Gasteiger partial charge >= 0.3 is 5.97 Å². The standard InChI is InChI=1S/C30H28N2O2/c1-19-15-16-25-24(17-19)28(29(31-25)23-13-9-6-10-14-23)26-20(2)32(18-22-11-7-5-8-12-22)21(3)27(26)30(33)34-4/h5-17,31H,18H2,1-4H3. The highest BCUT2D eigenvalue weighted by molar-refractivity contribution is 6.10. The number of methoxy groups -OCH3 is 1. The van der Waals surface area contributed by atoms with E-state index in [0.29, 0.717) is 12.1 Å². The van der Waals surface area contributed by atoms with Crippen molar-refractivity contribution in [2.75, 3.05) is 7.11 Å². The Morgan fingerprint density at radius 2 is 1.53 bits per heavy atom. The quantitative estimate of drug-likeness (QED) is 0.293. The maximum Gasteiger partial charge on any atom is 0.340 e. The molecule has 0 unspecified atom stereocenters. The van der Waals surface area contributed by atoms with Gasteiger partial charge in [-0.05, 0) is 44.0 Å². The highest BCUT2D eigenvalue weighted by Crippen LogP contribution is 2.43. The molecule has 2 heterocycles. The van der Waals surface area contributed by atoms with Crippen LogP contribution in [-0.2, 0) is 11.3 Å². The third-order valence-corrected chi connectivity index (χ3v) is 6.62. The van der Waals surface area contributed by atoms with Crippen molar-refractivity contribution in [1.82, 2.24) is 9.55 Å². The molecule has 1 N–H and O–H groups in total. The fraction of sp³-hybridized carbons (Fsp3) is 0.167. The summed E-state index contributed by atoms with van der Waals surface area (Å²) in [7, 11) is 1.45. The molecule has 0 aliphatic carbocycles. The Bertz CT molecular complexity index is 1490. The monoisotopic (exact) mass is 448 g/mol. The van der Waals surface area contributed by atoms with Gasteiger partial charge in [0.15, 0.2) is 0 Å². The number of carbonyl (C=O) groups excluding carboxylic acids is 1. The van der Waals surface area contributed by atoms with Crippen molar-refractivity contribution in [2.45, 2.75) is 27.3 Å². The van der Waals surface area contributed by atoms with Crippen LogP contribution in [-0.4, -0.2) is 22.6 Å². The molecule has 0 radical (unpaired) electrons. The Hall–Kier alpha value is -4.05. The zero-order valence-electron chi connectivity index (χ0n) is 20.0. The predicted octanol–water partition coefficient (Wildman–Crippen LogP) is 7.06. The smallest absolute Gasteiger partial charge is 0.340 e. The van der Waals surface area contributed by atoms with Crippen LogP contribution in [0.1, 0.15) is 32.9 Å². The van der Waals surface area contributed by atoms with Crippen LogP contribution in [0.5, 0.6) is 0 Å². The molecule has 0 bridgehead atoms. The van der Waals surface area contributed by atoms with Gasteiger partial charge in [-0.3, -0.25) is 0 Å². The lowest BCUT2D eigenvalue weighted by Gasteiger charge is -2.11. The van der Waals surface area contributed by atoms with E-state index in [0.717, 1.165) is 44.7 Å². The highest BCUT2D eigenvalue weighted by Gasteiger charge is 2.29. The summed E-state index contributed by atoms with van der Waals surface area (Å²) in [5, 5.41) is 1.10. The van der Waals surface area contributed by atoms with E-state index in [-0.39, 0.29) is 5.97 Å². The molecule has 0 spiro atoms. The number of nitrogens with one attached hydrogen (secondary N) is 1. The molecule has 4 heteroatoms. The number of fused-ring (bicyclic) bond motifs is 1. The van der Waals surface area contributed by atoms with Crippen LogP contribution in [0.3, 0.4) is 0 Å². The number of benzene rings is 3. The molecule has 5 aromatic rings. The summed E-state index contributed by atoms with van der Waals surface area (Å²) in [5.41, 5.74) is 10.0. The molecule has 0 aliphatic heterocycles. The number of hydrogen-bond donors (Lipinski definition) is 1. The number of ether oxygens (including phenoxy) is 1. The number of esters is 1. The van der Waals surface area contributed by atoms with Gasteiger partial charge in [0.1, 0.15) is 0 Å². The Balaban J connectivity index is 1.85. The van der Waals surface area contributed by atoms with Crippen LogP contribution < -0.4 is 0 Å². The third-order valence-electron chi connectivity index (χ3n) is 6.62. The Kier molecular flexibility index (Phi) is 5.58. The summed E-state index contributed by atoms with van der Waals surface area (Å²) in [6.45, 7) is 6.89. The largest absolute Gasteiger partial charge is 0.465 e. The van der Waals surface area contributed by atoms with Crippen molar-refractivity contribution < 1.29 is 9.53 Å². The van der Waals surface area contributed by atoms with Crippen LogP contribution in [0.15, 0.2) is 78.9 Å².